The number of nitrogens with two attached hydrogens (primary N) is 1. The molecule has 0 aromatic rings. The van der Waals surface area contributed by atoms with Gasteiger partial charge in [-0.3, -0.25) is 4.79 Å². The first-order valence-electron chi connectivity index (χ1n) is 6.32. The molecule has 1 aliphatic carbocycles. The van der Waals surface area contributed by atoms with Gasteiger partial charge in [0.05, 0.1) is 6.10 Å². The van der Waals surface area contributed by atoms with Gasteiger partial charge in [-0.25, -0.2) is 0 Å². The zero-order valence-electron chi connectivity index (χ0n) is 10.1. The normalized spacial score (nSPS) is 35.0. The molecule has 0 radical (unpaired) electrons. The van der Waals surface area contributed by atoms with Crippen LogP contribution in [0.15, 0.2) is 0 Å². The molecule has 0 bridgehead atoms. The number of hydrogen-bond acceptors (Lipinski definition) is 4. The predicted octanol–water partition coefficient (Wildman–Crippen LogP) is 0.764. The maximum absolute atomic E-state index is 11.0. The van der Waals surface area contributed by atoms with Gasteiger partial charge in [0, 0.05) is 26.2 Å². The Kier molecular flexibility index (Phi) is 4.01. The van der Waals surface area contributed by atoms with Gasteiger partial charge in [0.2, 0.25) is 0 Å². The van der Waals surface area contributed by atoms with Crippen molar-refractivity contribution in [1.29, 1.82) is 0 Å². The monoisotopic (exact) mass is 243 g/mol. The second kappa shape index (κ2) is 5.33. The highest BCUT2D eigenvalue weighted by Gasteiger charge is 2.42. The molecule has 2 rings (SSSR count). The summed E-state index contributed by atoms with van der Waals surface area (Å²) >= 11 is 0. The molecular weight excluding hydrogens is 222 g/mol. The van der Waals surface area contributed by atoms with E-state index in [9.17, 15) is 4.79 Å². The molecule has 3 N–H and O–H groups in total. The van der Waals surface area contributed by atoms with Crippen molar-refractivity contribution in [3.8, 4) is 0 Å². The van der Waals surface area contributed by atoms with E-state index in [1.165, 1.54) is 0 Å². The summed E-state index contributed by atoms with van der Waals surface area (Å²) in [6, 6.07) is 0. The fourth-order valence-electron chi connectivity index (χ4n) is 2.55. The third-order valence-corrected chi connectivity index (χ3v) is 3.84. The first-order valence-corrected chi connectivity index (χ1v) is 6.32. The van der Waals surface area contributed by atoms with E-state index in [2.05, 4.69) is 0 Å². The molecule has 0 amide bonds. The van der Waals surface area contributed by atoms with Crippen LogP contribution >= 0.6 is 0 Å². The van der Waals surface area contributed by atoms with Crippen molar-refractivity contribution < 1.29 is 19.4 Å². The van der Waals surface area contributed by atoms with Gasteiger partial charge < -0.3 is 20.3 Å². The van der Waals surface area contributed by atoms with E-state index in [-0.39, 0.29) is 6.10 Å². The zero-order chi connectivity index (χ0) is 12.3. The van der Waals surface area contributed by atoms with Crippen molar-refractivity contribution in [2.24, 2.45) is 11.7 Å². The van der Waals surface area contributed by atoms with Crippen LogP contribution < -0.4 is 5.73 Å². The number of aliphatic carboxylic acids is 1. The van der Waals surface area contributed by atoms with E-state index in [0.717, 1.165) is 32.5 Å². The average molecular weight is 243 g/mol. The maximum Gasteiger partial charge on any atom is 0.323 e. The van der Waals surface area contributed by atoms with Crippen LogP contribution in [0.2, 0.25) is 0 Å². The summed E-state index contributed by atoms with van der Waals surface area (Å²) in [5.74, 6) is -0.351. The lowest BCUT2D eigenvalue weighted by Gasteiger charge is -2.24. The van der Waals surface area contributed by atoms with Gasteiger partial charge in [0.1, 0.15) is 5.54 Å². The molecule has 0 aromatic heterocycles. The molecule has 1 aliphatic heterocycles. The molecule has 0 aromatic carbocycles. The molecular formula is C12H21NO4. The van der Waals surface area contributed by atoms with Gasteiger partial charge in [0.15, 0.2) is 0 Å². The Morgan fingerprint density at radius 3 is 2.71 bits per heavy atom. The van der Waals surface area contributed by atoms with E-state index >= 15 is 0 Å². The third kappa shape index (κ3) is 3.18. The van der Waals surface area contributed by atoms with E-state index < -0.39 is 11.5 Å². The Morgan fingerprint density at radius 2 is 2.12 bits per heavy atom. The van der Waals surface area contributed by atoms with Crippen molar-refractivity contribution in [2.45, 2.75) is 43.7 Å². The number of carboxylic acids is 1. The van der Waals surface area contributed by atoms with Crippen LogP contribution in [-0.2, 0) is 14.3 Å². The average Bonchev–Trinajstić information content (AvgIpc) is 2.72. The highest BCUT2D eigenvalue weighted by atomic mass is 16.5. The molecule has 2 unspecified atom stereocenters. The molecule has 2 fully saturated rings. The largest absolute Gasteiger partial charge is 0.480 e. The Hall–Kier alpha value is -0.650. The summed E-state index contributed by atoms with van der Waals surface area (Å²) in [6.07, 6.45) is 3.80. The smallest absolute Gasteiger partial charge is 0.323 e. The Bertz CT molecular complexity index is 278. The third-order valence-electron chi connectivity index (χ3n) is 3.84. The van der Waals surface area contributed by atoms with Crippen molar-refractivity contribution in [3.05, 3.63) is 0 Å². The quantitative estimate of drug-likeness (QED) is 0.762. The molecule has 5 heteroatoms. The first-order chi connectivity index (χ1) is 8.10. The zero-order valence-corrected chi connectivity index (χ0v) is 10.1. The van der Waals surface area contributed by atoms with Crippen LogP contribution in [0.3, 0.4) is 0 Å². The van der Waals surface area contributed by atoms with Crippen LogP contribution in [0.5, 0.6) is 0 Å². The van der Waals surface area contributed by atoms with Crippen molar-refractivity contribution in [3.63, 3.8) is 0 Å². The highest BCUT2D eigenvalue weighted by Crippen LogP contribution is 2.30. The topological polar surface area (TPSA) is 81.8 Å². The van der Waals surface area contributed by atoms with Crippen molar-refractivity contribution in [1.82, 2.24) is 0 Å². The van der Waals surface area contributed by atoms with Gasteiger partial charge in [-0.05, 0) is 31.6 Å². The minimum atomic E-state index is -1.07. The first kappa shape index (κ1) is 12.8. The number of carbonyl (C=O) groups is 1. The molecule has 1 saturated carbocycles. The molecule has 98 valence electrons. The van der Waals surface area contributed by atoms with Crippen LogP contribution in [0, 0.1) is 5.92 Å². The summed E-state index contributed by atoms with van der Waals surface area (Å²) in [6.45, 7) is 2.34. The summed E-state index contributed by atoms with van der Waals surface area (Å²) < 4.78 is 11.1. The molecule has 17 heavy (non-hydrogen) atoms. The Morgan fingerprint density at radius 1 is 1.41 bits per heavy atom. The lowest BCUT2D eigenvalue weighted by Crippen LogP contribution is -2.46. The van der Waals surface area contributed by atoms with Gasteiger partial charge in [0.25, 0.3) is 0 Å². The second-order valence-electron chi connectivity index (χ2n) is 5.22. The van der Waals surface area contributed by atoms with Crippen LogP contribution in [-0.4, -0.2) is 42.5 Å². The van der Waals surface area contributed by atoms with Gasteiger partial charge in [-0.2, -0.15) is 0 Å². The molecule has 1 heterocycles. The molecule has 2 atom stereocenters. The molecule has 0 spiro atoms. The van der Waals surface area contributed by atoms with Crippen LogP contribution in [0.25, 0.3) is 0 Å². The summed E-state index contributed by atoms with van der Waals surface area (Å²) in [5.41, 5.74) is 4.73. The minimum Gasteiger partial charge on any atom is -0.480 e. The van der Waals surface area contributed by atoms with E-state index in [1.807, 2.05) is 0 Å². The number of hydrogen-bond donors (Lipinski definition) is 2. The van der Waals surface area contributed by atoms with E-state index in [4.69, 9.17) is 20.3 Å². The standard InChI is InChI=1S/C12H21NO4/c13-12(11(14)15)4-1-10(7-12)17-8-9-2-5-16-6-3-9/h9-10H,1-8,13H2,(H,14,15). The molecule has 2 aliphatic rings. The number of ether oxygens (including phenoxy) is 2. The highest BCUT2D eigenvalue weighted by molar-refractivity contribution is 5.78. The van der Waals surface area contributed by atoms with Crippen LogP contribution in [0.4, 0.5) is 0 Å². The van der Waals surface area contributed by atoms with Gasteiger partial charge in [-0.1, -0.05) is 0 Å². The van der Waals surface area contributed by atoms with Crippen molar-refractivity contribution >= 4 is 5.97 Å². The SMILES string of the molecule is NC1(C(=O)O)CCC(OCC2CCOCC2)C1. The summed E-state index contributed by atoms with van der Waals surface area (Å²) in [5, 5.41) is 9.01. The lowest BCUT2D eigenvalue weighted by molar-refractivity contribution is -0.143. The minimum absolute atomic E-state index is 0.0129. The second-order valence-corrected chi connectivity index (χ2v) is 5.22. The Balaban J connectivity index is 1.72. The van der Waals surface area contributed by atoms with E-state index in [0.29, 0.717) is 25.4 Å². The maximum atomic E-state index is 11.0. The molecule has 1 saturated heterocycles. The number of rotatable bonds is 4. The fraction of sp³-hybridized carbons (Fsp3) is 0.917. The van der Waals surface area contributed by atoms with Gasteiger partial charge in [-0.15, -0.1) is 0 Å². The van der Waals surface area contributed by atoms with E-state index in [1.54, 1.807) is 0 Å². The fourth-order valence-corrected chi connectivity index (χ4v) is 2.55. The Labute approximate surface area is 101 Å². The number of carboxylic acid groups (broad SMARTS) is 1. The van der Waals surface area contributed by atoms with Crippen molar-refractivity contribution in [2.75, 3.05) is 19.8 Å². The van der Waals surface area contributed by atoms with Gasteiger partial charge >= 0.3 is 5.97 Å². The molecule has 5 nitrogen and oxygen atoms in total. The van der Waals surface area contributed by atoms with Crippen LogP contribution in [0.1, 0.15) is 32.1 Å². The predicted molar refractivity (Wildman–Crippen MR) is 61.7 cm³/mol. The lowest BCUT2D eigenvalue weighted by atomic mass is 9.99. The summed E-state index contributed by atoms with van der Waals surface area (Å²) in [7, 11) is 0. The summed E-state index contributed by atoms with van der Waals surface area (Å²) in [4.78, 5) is 11.0.